The zero-order valence-electron chi connectivity index (χ0n) is 12.9. The molecule has 6 heteroatoms. The fourth-order valence-electron chi connectivity index (χ4n) is 1.74. The Morgan fingerprint density at radius 2 is 1.65 bits per heavy atom. The summed E-state index contributed by atoms with van der Waals surface area (Å²) in [4.78, 5) is 14.8. The van der Waals surface area contributed by atoms with Crippen molar-refractivity contribution in [1.29, 1.82) is 0 Å². The standard InChI is InChI=1S/C14H25ClN4O/c1-5-7-9-19(10-8-6-2)13-16-12(15)17-14(18-13)20-11(3)4/h11H,5-10H2,1-4H3. The van der Waals surface area contributed by atoms with E-state index in [-0.39, 0.29) is 11.4 Å². The highest BCUT2D eigenvalue weighted by molar-refractivity contribution is 6.28. The van der Waals surface area contributed by atoms with Gasteiger partial charge in [-0.2, -0.15) is 15.0 Å². The average molecular weight is 301 g/mol. The van der Waals surface area contributed by atoms with Gasteiger partial charge in [0.25, 0.3) is 0 Å². The first-order chi connectivity index (χ1) is 9.56. The van der Waals surface area contributed by atoms with Gasteiger partial charge in [0.1, 0.15) is 0 Å². The lowest BCUT2D eigenvalue weighted by molar-refractivity contribution is 0.221. The maximum absolute atomic E-state index is 5.98. The molecule has 1 aromatic rings. The Bertz CT molecular complexity index is 393. The molecule has 0 saturated carbocycles. The van der Waals surface area contributed by atoms with E-state index in [1.165, 1.54) is 0 Å². The molecule has 5 nitrogen and oxygen atoms in total. The van der Waals surface area contributed by atoms with Gasteiger partial charge in [0.15, 0.2) is 0 Å². The molecule has 1 aromatic heterocycles. The van der Waals surface area contributed by atoms with E-state index in [0.29, 0.717) is 12.0 Å². The molecule has 1 heterocycles. The van der Waals surface area contributed by atoms with Gasteiger partial charge in [-0.1, -0.05) is 26.7 Å². The fourth-order valence-corrected chi connectivity index (χ4v) is 1.88. The number of halogens is 1. The van der Waals surface area contributed by atoms with Gasteiger partial charge in [-0.25, -0.2) is 0 Å². The first-order valence-corrected chi connectivity index (χ1v) is 7.77. The Morgan fingerprint density at radius 1 is 1.05 bits per heavy atom. The van der Waals surface area contributed by atoms with Crippen LogP contribution in [-0.2, 0) is 0 Å². The molecule has 0 fully saturated rings. The van der Waals surface area contributed by atoms with E-state index in [1.807, 2.05) is 13.8 Å². The van der Waals surface area contributed by atoms with Crippen LogP contribution in [0, 0.1) is 0 Å². The predicted molar refractivity (Wildman–Crippen MR) is 82.6 cm³/mol. The van der Waals surface area contributed by atoms with Crippen molar-refractivity contribution in [3.8, 4) is 6.01 Å². The summed E-state index contributed by atoms with van der Waals surface area (Å²) in [7, 11) is 0. The van der Waals surface area contributed by atoms with Crippen molar-refractivity contribution < 1.29 is 4.74 Å². The van der Waals surface area contributed by atoms with Crippen LogP contribution in [0.4, 0.5) is 5.95 Å². The molecule has 0 atom stereocenters. The molecule has 20 heavy (non-hydrogen) atoms. The Balaban J connectivity index is 2.89. The van der Waals surface area contributed by atoms with E-state index in [0.717, 1.165) is 38.8 Å². The van der Waals surface area contributed by atoms with E-state index < -0.39 is 0 Å². The third-order valence-corrected chi connectivity index (χ3v) is 2.93. The SMILES string of the molecule is CCCCN(CCCC)c1nc(Cl)nc(OC(C)C)n1. The van der Waals surface area contributed by atoms with E-state index in [4.69, 9.17) is 16.3 Å². The fraction of sp³-hybridized carbons (Fsp3) is 0.786. The van der Waals surface area contributed by atoms with Crippen LogP contribution in [-0.4, -0.2) is 34.1 Å². The molecular weight excluding hydrogens is 276 g/mol. The smallest absolute Gasteiger partial charge is 0.322 e. The molecule has 0 aliphatic heterocycles. The normalized spacial score (nSPS) is 10.9. The number of unbranched alkanes of at least 4 members (excludes halogenated alkanes) is 2. The summed E-state index contributed by atoms with van der Waals surface area (Å²) >= 11 is 5.98. The molecule has 0 aromatic carbocycles. The van der Waals surface area contributed by atoms with Crippen molar-refractivity contribution in [3.05, 3.63) is 5.28 Å². The van der Waals surface area contributed by atoms with Gasteiger partial charge in [0.05, 0.1) is 6.10 Å². The van der Waals surface area contributed by atoms with Gasteiger partial charge in [-0.05, 0) is 38.3 Å². The van der Waals surface area contributed by atoms with E-state index in [9.17, 15) is 0 Å². The van der Waals surface area contributed by atoms with Crippen LogP contribution in [0.5, 0.6) is 6.01 Å². The summed E-state index contributed by atoms with van der Waals surface area (Å²) in [6.07, 6.45) is 4.50. The van der Waals surface area contributed by atoms with E-state index in [1.54, 1.807) is 0 Å². The van der Waals surface area contributed by atoms with Crippen LogP contribution in [0.2, 0.25) is 5.28 Å². The maximum atomic E-state index is 5.98. The number of nitrogens with zero attached hydrogens (tertiary/aromatic N) is 4. The van der Waals surface area contributed by atoms with Gasteiger partial charge >= 0.3 is 6.01 Å². The number of anilines is 1. The lowest BCUT2D eigenvalue weighted by Crippen LogP contribution is -2.28. The Labute approximate surface area is 126 Å². The number of hydrogen-bond donors (Lipinski definition) is 0. The second-order valence-electron chi connectivity index (χ2n) is 5.05. The minimum absolute atomic E-state index is 0.0149. The van der Waals surface area contributed by atoms with Gasteiger partial charge in [-0.3, -0.25) is 0 Å². The molecule has 0 spiro atoms. The van der Waals surface area contributed by atoms with Crippen LogP contribution in [0.1, 0.15) is 53.4 Å². The molecule has 1 rings (SSSR count). The highest BCUT2D eigenvalue weighted by Crippen LogP contribution is 2.17. The molecule has 0 radical (unpaired) electrons. The van der Waals surface area contributed by atoms with Crippen LogP contribution in [0.25, 0.3) is 0 Å². The summed E-state index contributed by atoms with van der Waals surface area (Å²) in [5.41, 5.74) is 0. The van der Waals surface area contributed by atoms with E-state index >= 15 is 0 Å². The minimum atomic E-state index is 0.0149. The van der Waals surface area contributed by atoms with Crippen molar-refractivity contribution in [2.24, 2.45) is 0 Å². The quantitative estimate of drug-likeness (QED) is 0.695. The van der Waals surface area contributed by atoms with Crippen LogP contribution >= 0.6 is 11.6 Å². The second-order valence-corrected chi connectivity index (χ2v) is 5.39. The molecule has 0 bridgehead atoms. The maximum Gasteiger partial charge on any atom is 0.322 e. The van der Waals surface area contributed by atoms with Crippen LogP contribution < -0.4 is 9.64 Å². The Morgan fingerprint density at radius 3 is 2.15 bits per heavy atom. The van der Waals surface area contributed by atoms with Gasteiger partial charge in [-0.15, -0.1) is 0 Å². The van der Waals surface area contributed by atoms with Crippen LogP contribution in [0.3, 0.4) is 0 Å². The van der Waals surface area contributed by atoms with E-state index in [2.05, 4.69) is 33.7 Å². The third-order valence-electron chi connectivity index (χ3n) is 2.76. The first-order valence-electron chi connectivity index (χ1n) is 7.40. The van der Waals surface area contributed by atoms with Crippen molar-refractivity contribution >= 4 is 17.5 Å². The molecule has 114 valence electrons. The summed E-state index contributed by atoms with van der Waals surface area (Å²) in [6.45, 7) is 10.1. The summed E-state index contributed by atoms with van der Waals surface area (Å²) < 4.78 is 5.52. The molecule has 0 amide bonds. The van der Waals surface area contributed by atoms with Crippen molar-refractivity contribution in [2.45, 2.75) is 59.5 Å². The van der Waals surface area contributed by atoms with Gasteiger partial charge in [0.2, 0.25) is 11.2 Å². The molecular formula is C14H25ClN4O. The molecule has 0 aliphatic carbocycles. The van der Waals surface area contributed by atoms with Gasteiger partial charge < -0.3 is 9.64 Å². The topological polar surface area (TPSA) is 51.1 Å². The summed E-state index contributed by atoms with van der Waals surface area (Å²) in [5, 5.41) is 0.184. The highest BCUT2D eigenvalue weighted by Gasteiger charge is 2.13. The number of ether oxygens (including phenoxy) is 1. The Hall–Kier alpha value is -1.10. The molecule has 0 saturated heterocycles. The van der Waals surface area contributed by atoms with Crippen molar-refractivity contribution in [2.75, 3.05) is 18.0 Å². The van der Waals surface area contributed by atoms with Crippen molar-refractivity contribution in [1.82, 2.24) is 15.0 Å². The monoisotopic (exact) mass is 300 g/mol. The predicted octanol–water partition coefficient (Wildman–Crippen LogP) is 3.72. The summed E-state index contributed by atoms with van der Waals surface area (Å²) in [5.74, 6) is 0.613. The average Bonchev–Trinajstić information content (AvgIpc) is 2.37. The highest BCUT2D eigenvalue weighted by atomic mass is 35.5. The molecule has 0 aliphatic rings. The largest absolute Gasteiger partial charge is 0.461 e. The molecule has 0 unspecified atom stereocenters. The van der Waals surface area contributed by atoms with Crippen LogP contribution in [0.15, 0.2) is 0 Å². The summed E-state index contributed by atoms with van der Waals surface area (Å²) in [6, 6.07) is 0.299. The van der Waals surface area contributed by atoms with Crippen molar-refractivity contribution in [3.63, 3.8) is 0 Å². The third kappa shape index (κ3) is 5.90. The zero-order valence-corrected chi connectivity index (χ0v) is 13.7. The zero-order chi connectivity index (χ0) is 15.0. The Kier molecular flexibility index (Phi) is 7.59. The van der Waals surface area contributed by atoms with Gasteiger partial charge in [0, 0.05) is 13.1 Å². The lowest BCUT2D eigenvalue weighted by atomic mass is 10.3. The minimum Gasteiger partial charge on any atom is -0.461 e. The lowest BCUT2D eigenvalue weighted by Gasteiger charge is -2.22. The second kappa shape index (κ2) is 8.95. The number of rotatable bonds is 9. The first kappa shape index (κ1) is 17.0. The molecule has 0 N–H and O–H groups in total. The number of hydrogen-bond acceptors (Lipinski definition) is 5. The number of aromatic nitrogens is 3.